The molecular weight excluding hydrogens is 252 g/mol. The minimum atomic E-state index is -0.901. The molecule has 0 aromatic carbocycles. The van der Waals surface area contributed by atoms with Gasteiger partial charge in [0.2, 0.25) is 5.22 Å². The summed E-state index contributed by atoms with van der Waals surface area (Å²) in [7, 11) is 0. The van der Waals surface area contributed by atoms with Crippen LogP contribution in [-0.2, 0) is 0 Å². The average molecular weight is 259 g/mol. The van der Waals surface area contributed by atoms with Crippen LogP contribution in [0.25, 0.3) is 11.0 Å². The van der Waals surface area contributed by atoms with E-state index in [0.717, 1.165) is 0 Å². The molecule has 0 unspecified atom stereocenters. The number of hydrogen-bond acceptors (Lipinski definition) is 7. The molecule has 0 amide bonds. The molecule has 0 spiro atoms. The van der Waals surface area contributed by atoms with Crippen LogP contribution in [0.2, 0.25) is 5.22 Å². The summed E-state index contributed by atoms with van der Waals surface area (Å²) in [5, 5.41) is 10.7. The van der Waals surface area contributed by atoms with E-state index in [1.165, 1.54) is 6.07 Å². The molecule has 17 heavy (non-hydrogen) atoms. The third kappa shape index (κ3) is 2.29. The van der Waals surface area contributed by atoms with Crippen molar-refractivity contribution in [3.05, 3.63) is 32.1 Å². The number of halogens is 1. The standard InChI is InChI=1S/C9H7ClN2O5/c10-5-3-4-6(8(15)17-5)7(14)12-9(16-4)11-1-2-13/h3,13H,1-2H2,(H,11,12,14). The molecule has 0 saturated heterocycles. The summed E-state index contributed by atoms with van der Waals surface area (Å²) in [6.45, 7) is 0.0116. The van der Waals surface area contributed by atoms with Gasteiger partial charge in [-0.05, 0) is 11.6 Å². The van der Waals surface area contributed by atoms with Crippen LogP contribution in [0.3, 0.4) is 0 Å². The van der Waals surface area contributed by atoms with E-state index in [2.05, 4.69) is 14.7 Å². The minimum absolute atomic E-state index is 0.0216. The lowest BCUT2D eigenvalue weighted by Gasteiger charge is -2.02. The normalized spacial score (nSPS) is 10.7. The monoisotopic (exact) mass is 258 g/mol. The van der Waals surface area contributed by atoms with Crippen LogP contribution in [0.4, 0.5) is 6.01 Å². The summed E-state index contributed by atoms with van der Waals surface area (Å²) in [5.74, 6) is 0. The van der Waals surface area contributed by atoms with Gasteiger partial charge in [0, 0.05) is 12.6 Å². The minimum Gasteiger partial charge on any atom is -0.424 e. The van der Waals surface area contributed by atoms with Crippen LogP contribution < -0.4 is 16.5 Å². The van der Waals surface area contributed by atoms with E-state index in [1.807, 2.05) is 0 Å². The first-order chi connectivity index (χ1) is 8.11. The molecule has 0 radical (unpaired) electrons. The molecule has 2 rings (SSSR count). The summed E-state index contributed by atoms with van der Waals surface area (Å²) in [6.07, 6.45) is 0. The Hall–Kier alpha value is -1.86. The topological polar surface area (TPSA) is 106 Å². The van der Waals surface area contributed by atoms with E-state index < -0.39 is 11.2 Å². The van der Waals surface area contributed by atoms with Gasteiger partial charge in [-0.3, -0.25) is 4.79 Å². The fourth-order valence-corrected chi connectivity index (χ4v) is 1.40. The van der Waals surface area contributed by atoms with Gasteiger partial charge in [-0.1, -0.05) is 0 Å². The largest absolute Gasteiger partial charge is 0.424 e. The summed E-state index contributed by atoms with van der Waals surface area (Å²) < 4.78 is 9.67. The lowest BCUT2D eigenvalue weighted by atomic mass is 10.3. The second-order valence-electron chi connectivity index (χ2n) is 3.05. The zero-order valence-electron chi connectivity index (χ0n) is 8.40. The maximum absolute atomic E-state index is 11.5. The van der Waals surface area contributed by atoms with Crippen LogP contribution in [0.15, 0.2) is 24.5 Å². The summed E-state index contributed by atoms with van der Waals surface area (Å²) in [5.41, 5.74) is -1.70. The Kier molecular flexibility index (Phi) is 3.12. The van der Waals surface area contributed by atoms with E-state index in [9.17, 15) is 9.59 Å². The molecule has 2 heterocycles. The van der Waals surface area contributed by atoms with Gasteiger partial charge >= 0.3 is 5.63 Å². The first-order valence-corrected chi connectivity index (χ1v) is 4.99. The molecule has 2 aromatic rings. The van der Waals surface area contributed by atoms with Crippen molar-refractivity contribution in [1.29, 1.82) is 0 Å². The van der Waals surface area contributed by atoms with E-state index in [-0.39, 0.29) is 35.4 Å². The Balaban J connectivity index is 2.65. The van der Waals surface area contributed by atoms with Crippen LogP contribution >= 0.6 is 11.6 Å². The quantitative estimate of drug-likeness (QED) is 0.810. The Bertz CT molecular complexity index is 662. The van der Waals surface area contributed by atoms with Gasteiger partial charge in [0.05, 0.1) is 6.61 Å². The molecule has 7 nitrogen and oxygen atoms in total. The molecule has 0 aliphatic carbocycles. The van der Waals surface area contributed by atoms with Crippen molar-refractivity contribution in [2.45, 2.75) is 0 Å². The van der Waals surface area contributed by atoms with Crippen LogP contribution in [0, 0.1) is 0 Å². The van der Waals surface area contributed by atoms with Crippen molar-refractivity contribution in [1.82, 2.24) is 4.98 Å². The molecule has 90 valence electrons. The smallest absolute Gasteiger partial charge is 0.353 e. The highest BCUT2D eigenvalue weighted by Crippen LogP contribution is 2.15. The van der Waals surface area contributed by atoms with Gasteiger partial charge in [-0.2, -0.15) is 4.98 Å². The Morgan fingerprint density at radius 3 is 2.88 bits per heavy atom. The van der Waals surface area contributed by atoms with Crippen LogP contribution in [0.5, 0.6) is 0 Å². The summed E-state index contributed by atoms with van der Waals surface area (Å²) >= 11 is 5.52. The maximum atomic E-state index is 11.5. The van der Waals surface area contributed by atoms with E-state index >= 15 is 0 Å². The molecule has 0 fully saturated rings. The van der Waals surface area contributed by atoms with Crippen molar-refractivity contribution < 1.29 is 13.9 Å². The zero-order valence-corrected chi connectivity index (χ0v) is 9.15. The number of rotatable bonds is 3. The van der Waals surface area contributed by atoms with Gasteiger partial charge in [0.1, 0.15) is 0 Å². The Labute approximate surface area is 98.6 Å². The fraction of sp³-hybridized carbons (Fsp3) is 0.222. The number of fused-ring (bicyclic) bond motifs is 1. The van der Waals surface area contributed by atoms with Crippen molar-refractivity contribution >= 4 is 28.6 Å². The average Bonchev–Trinajstić information content (AvgIpc) is 2.24. The molecule has 8 heteroatoms. The molecule has 2 N–H and O–H groups in total. The molecule has 2 aromatic heterocycles. The van der Waals surface area contributed by atoms with E-state index in [1.54, 1.807) is 0 Å². The predicted molar refractivity (Wildman–Crippen MR) is 59.4 cm³/mol. The second-order valence-corrected chi connectivity index (χ2v) is 3.42. The SMILES string of the molecule is O=c1nc(NCCO)oc2cc(Cl)oc(=O)c12. The summed E-state index contributed by atoms with van der Waals surface area (Å²) in [4.78, 5) is 26.3. The first-order valence-electron chi connectivity index (χ1n) is 4.61. The number of aliphatic hydroxyl groups is 1. The number of nitrogens with one attached hydrogen (secondary N) is 1. The highest BCUT2D eigenvalue weighted by Gasteiger charge is 2.12. The molecule has 0 bridgehead atoms. The van der Waals surface area contributed by atoms with Gasteiger partial charge in [0.25, 0.3) is 11.6 Å². The zero-order chi connectivity index (χ0) is 12.4. The molecule has 0 atom stereocenters. The maximum Gasteiger partial charge on any atom is 0.353 e. The van der Waals surface area contributed by atoms with Gasteiger partial charge in [0.15, 0.2) is 11.0 Å². The lowest BCUT2D eigenvalue weighted by Crippen LogP contribution is -2.18. The fourth-order valence-electron chi connectivity index (χ4n) is 1.23. The second kappa shape index (κ2) is 4.56. The number of nitrogens with zero attached hydrogens (tertiary/aromatic N) is 1. The molecular formula is C9H7ClN2O5. The van der Waals surface area contributed by atoms with Gasteiger partial charge in [-0.15, -0.1) is 0 Å². The highest BCUT2D eigenvalue weighted by molar-refractivity contribution is 6.29. The molecule has 0 aliphatic rings. The number of aromatic nitrogens is 1. The third-order valence-electron chi connectivity index (χ3n) is 1.90. The third-order valence-corrected chi connectivity index (χ3v) is 2.08. The highest BCUT2D eigenvalue weighted by atomic mass is 35.5. The number of hydrogen-bond donors (Lipinski definition) is 2. The van der Waals surface area contributed by atoms with E-state index in [0.29, 0.717) is 0 Å². The predicted octanol–water partition coefficient (Wildman–Crippen LogP) is 0.199. The molecule has 0 saturated carbocycles. The molecule has 0 aliphatic heterocycles. The van der Waals surface area contributed by atoms with E-state index in [4.69, 9.17) is 21.1 Å². The van der Waals surface area contributed by atoms with Gasteiger partial charge in [-0.25, -0.2) is 4.79 Å². The van der Waals surface area contributed by atoms with Crippen LogP contribution in [0.1, 0.15) is 0 Å². The van der Waals surface area contributed by atoms with Crippen LogP contribution in [-0.4, -0.2) is 23.2 Å². The Morgan fingerprint density at radius 2 is 2.18 bits per heavy atom. The Morgan fingerprint density at radius 1 is 1.41 bits per heavy atom. The van der Waals surface area contributed by atoms with Crippen molar-refractivity contribution in [3.63, 3.8) is 0 Å². The first kappa shape index (κ1) is 11.6. The van der Waals surface area contributed by atoms with Crippen molar-refractivity contribution in [2.75, 3.05) is 18.5 Å². The number of aliphatic hydroxyl groups excluding tert-OH is 1. The van der Waals surface area contributed by atoms with Crippen molar-refractivity contribution in [3.8, 4) is 0 Å². The van der Waals surface area contributed by atoms with Gasteiger partial charge < -0.3 is 19.3 Å². The summed E-state index contributed by atoms with van der Waals surface area (Å²) in [6, 6.07) is 1.10. The lowest BCUT2D eigenvalue weighted by molar-refractivity contribution is 0.309. The number of anilines is 1. The van der Waals surface area contributed by atoms with Crippen molar-refractivity contribution in [2.24, 2.45) is 0 Å².